The van der Waals surface area contributed by atoms with E-state index in [1.165, 1.54) is 32.1 Å². The Morgan fingerprint density at radius 3 is 1.67 bits per heavy atom. The molecule has 21 heavy (non-hydrogen) atoms. The van der Waals surface area contributed by atoms with Gasteiger partial charge in [0.15, 0.2) is 0 Å². The Kier molecular flexibility index (Phi) is 2.81. The highest BCUT2D eigenvalue weighted by atomic mass is 16.6. The summed E-state index contributed by atoms with van der Waals surface area (Å²) in [6.45, 7) is 5.71. The fourth-order valence-corrected chi connectivity index (χ4v) is 5.59. The van der Waals surface area contributed by atoms with Crippen LogP contribution < -0.4 is 0 Å². The maximum Gasteiger partial charge on any atom is 0.104 e. The van der Waals surface area contributed by atoms with Crippen LogP contribution in [0.4, 0.5) is 0 Å². The normalized spacial score (nSPS) is 56.7. The van der Waals surface area contributed by atoms with Crippen LogP contribution >= 0.6 is 0 Å². The van der Waals surface area contributed by atoms with E-state index < -0.39 is 0 Å². The molecular formula is C17H26O4. The lowest BCUT2D eigenvalue weighted by molar-refractivity contribution is -0.274. The summed E-state index contributed by atoms with van der Waals surface area (Å²) in [6, 6.07) is 0. The van der Waals surface area contributed by atoms with Crippen molar-refractivity contribution in [3.8, 4) is 0 Å². The zero-order valence-corrected chi connectivity index (χ0v) is 12.9. The summed E-state index contributed by atoms with van der Waals surface area (Å²) in [7, 11) is 0. The maximum absolute atomic E-state index is 6.49. The summed E-state index contributed by atoms with van der Waals surface area (Å²) in [5.41, 5.74) is 0.112. The molecule has 0 aromatic heterocycles. The third-order valence-electron chi connectivity index (χ3n) is 6.70. The van der Waals surface area contributed by atoms with Gasteiger partial charge in [-0.1, -0.05) is 6.92 Å². The van der Waals surface area contributed by atoms with Gasteiger partial charge in [-0.05, 0) is 43.9 Å². The molecule has 2 saturated heterocycles. The van der Waals surface area contributed by atoms with E-state index in [9.17, 15) is 0 Å². The molecule has 2 unspecified atom stereocenters. The predicted octanol–water partition coefficient (Wildman–Crippen LogP) is 2.15. The summed E-state index contributed by atoms with van der Waals surface area (Å²) in [6.07, 6.45) is 7.07. The Hall–Kier alpha value is -0.160. The molecule has 2 aliphatic heterocycles. The van der Waals surface area contributed by atoms with Gasteiger partial charge in [0.2, 0.25) is 0 Å². The molecule has 4 heteroatoms. The molecule has 0 spiro atoms. The van der Waals surface area contributed by atoms with Crippen molar-refractivity contribution in [3.63, 3.8) is 0 Å². The van der Waals surface area contributed by atoms with Gasteiger partial charge in [0.05, 0.1) is 37.6 Å². The van der Waals surface area contributed by atoms with Crippen molar-refractivity contribution in [1.29, 1.82) is 0 Å². The van der Waals surface area contributed by atoms with Crippen molar-refractivity contribution in [3.05, 3.63) is 0 Å². The van der Waals surface area contributed by atoms with E-state index in [4.69, 9.17) is 18.9 Å². The molecule has 2 heterocycles. The molecule has 4 nitrogen and oxygen atoms in total. The second kappa shape index (κ2) is 4.44. The van der Waals surface area contributed by atoms with Gasteiger partial charge in [0, 0.05) is 5.92 Å². The van der Waals surface area contributed by atoms with Crippen LogP contribution in [0.5, 0.6) is 0 Å². The molecule has 4 saturated carbocycles. The number of hydrogen-bond acceptors (Lipinski definition) is 4. The Bertz CT molecular complexity index is 379. The smallest absolute Gasteiger partial charge is 0.104 e. The quantitative estimate of drug-likeness (QED) is 0.704. The standard InChI is InChI=1S/C17H26O4/c1-11-16(20-9-14-7-18-14)3-12-2-13(5-16)6-17(11,4-12)21-10-15-8-19-15/h11-15H,2-10H2,1H3. The molecule has 4 bridgehead atoms. The molecule has 0 radical (unpaired) electrons. The summed E-state index contributed by atoms with van der Waals surface area (Å²) in [5, 5.41) is 0. The Morgan fingerprint density at radius 2 is 1.29 bits per heavy atom. The highest BCUT2D eigenvalue weighted by Gasteiger charge is 2.64. The van der Waals surface area contributed by atoms with Crippen LogP contribution in [0.15, 0.2) is 0 Å². The summed E-state index contributed by atoms with van der Waals surface area (Å²) in [4.78, 5) is 0. The van der Waals surface area contributed by atoms with E-state index in [1.807, 2.05) is 0 Å². The van der Waals surface area contributed by atoms with Crippen molar-refractivity contribution in [2.24, 2.45) is 17.8 Å². The SMILES string of the molecule is CC1C2(OCC3CO3)CC3CC(C2)CC1(OCC1CO1)C3. The van der Waals surface area contributed by atoms with Gasteiger partial charge in [-0.25, -0.2) is 0 Å². The largest absolute Gasteiger partial charge is 0.372 e. The number of rotatable bonds is 6. The average molecular weight is 294 g/mol. The Balaban J connectivity index is 1.38. The van der Waals surface area contributed by atoms with E-state index in [0.29, 0.717) is 18.1 Å². The Labute approximate surface area is 126 Å². The minimum atomic E-state index is 0.0560. The van der Waals surface area contributed by atoms with Crippen molar-refractivity contribution in [2.45, 2.75) is 62.4 Å². The van der Waals surface area contributed by atoms with Gasteiger partial charge in [0.1, 0.15) is 12.2 Å². The number of epoxide rings is 2. The van der Waals surface area contributed by atoms with Gasteiger partial charge in [-0.15, -0.1) is 0 Å². The predicted molar refractivity (Wildman–Crippen MR) is 76.1 cm³/mol. The van der Waals surface area contributed by atoms with E-state index in [1.54, 1.807) is 0 Å². The molecule has 6 aliphatic rings. The molecule has 6 rings (SSSR count). The van der Waals surface area contributed by atoms with E-state index in [2.05, 4.69) is 6.92 Å². The van der Waals surface area contributed by atoms with Crippen LogP contribution in [0.1, 0.15) is 39.0 Å². The minimum absolute atomic E-state index is 0.0560. The third kappa shape index (κ3) is 2.18. The lowest BCUT2D eigenvalue weighted by Crippen LogP contribution is -2.67. The van der Waals surface area contributed by atoms with Gasteiger partial charge in [0.25, 0.3) is 0 Å². The molecule has 6 fully saturated rings. The first kappa shape index (κ1) is 13.3. The second-order valence-electron chi connectivity index (χ2n) is 8.17. The first-order chi connectivity index (χ1) is 10.2. The number of ether oxygens (including phenoxy) is 4. The molecule has 0 N–H and O–H groups in total. The monoisotopic (exact) mass is 294 g/mol. The molecule has 0 aromatic rings. The van der Waals surface area contributed by atoms with Crippen molar-refractivity contribution in [1.82, 2.24) is 0 Å². The first-order valence-corrected chi connectivity index (χ1v) is 8.69. The molecule has 118 valence electrons. The summed E-state index contributed by atoms with van der Waals surface area (Å²) in [5.74, 6) is 2.10. The fourth-order valence-electron chi connectivity index (χ4n) is 5.59. The van der Waals surface area contributed by atoms with Crippen molar-refractivity contribution < 1.29 is 18.9 Å². The van der Waals surface area contributed by atoms with Crippen molar-refractivity contribution >= 4 is 0 Å². The van der Waals surface area contributed by atoms with Crippen LogP contribution in [-0.2, 0) is 18.9 Å². The van der Waals surface area contributed by atoms with Crippen molar-refractivity contribution in [2.75, 3.05) is 26.4 Å². The van der Waals surface area contributed by atoms with Gasteiger partial charge in [-0.3, -0.25) is 0 Å². The van der Waals surface area contributed by atoms with Gasteiger partial charge in [-0.2, -0.15) is 0 Å². The topological polar surface area (TPSA) is 43.5 Å². The molecule has 4 aliphatic carbocycles. The lowest BCUT2D eigenvalue weighted by Gasteiger charge is -2.65. The number of hydrogen-bond donors (Lipinski definition) is 0. The van der Waals surface area contributed by atoms with Crippen LogP contribution in [-0.4, -0.2) is 49.8 Å². The second-order valence-corrected chi connectivity index (χ2v) is 8.17. The Morgan fingerprint density at radius 1 is 0.857 bits per heavy atom. The molecular weight excluding hydrogens is 268 g/mol. The summed E-state index contributed by atoms with van der Waals surface area (Å²) >= 11 is 0. The van der Waals surface area contributed by atoms with E-state index in [0.717, 1.165) is 38.3 Å². The van der Waals surface area contributed by atoms with Crippen LogP contribution in [0.3, 0.4) is 0 Å². The van der Waals surface area contributed by atoms with Gasteiger partial charge < -0.3 is 18.9 Å². The molecule has 0 aromatic carbocycles. The zero-order chi connectivity index (χ0) is 14.1. The van der Waals surface area contributed by atoms with Crippen LogP contribution in [0.2, 0.25) is 0 Å². The highest BCUT2D eigenvalue weighted by molar-refractivity contribution is 5.14. The highest BCUT2D eigenvalue weighted by Crippen LogP contribution is 2.63. The maximum atomic E-state index is 6.49. The fraction of sp³-hybridized carbons (Fsp3) is 1.00. The lowest BCUT2D eigenvalue weighted by atomic mass is 9.48. The van der Waals surface area contributed by atoms with E-state index >= 15 is 0 Å². The van der Waals surface area contributed by atoms with Gasteiger partial charge >= 0.3 is 0 Å². The average Bonchev–Trinajstić information content (AvgIpc) is 3.35. The summed E-state index contributed by atoms with van der Waals surface area (Å²) < 4.78 is 23.7. The third-order valence-corrected chi connectivity index (χ3v) is 6.70. The first-order valence-electron chi connectivity index (χ1n) is 8.69. The van der Waals surface area contributed by atoms with Crippen LogP contribution in [0, 0.1) is 17.8 Å². The molecule has 2 atom stereocenters. The van der Waals surface area contributed by atoms with E-state index in [-0.39, 0.29) is 11.2 Å². The molecule has 0 amide bonds. The minimum Gasteiger partial charge on any atom is -0.372 e. The van der Waals surface area contributed by atoms with Crippen LogP contribution in [0.25, 0.3) is 0 Å². The zero-order valence-electron chi connectivity index (χ0n) is 12.9.